The van der Waals surface area contributed by atoms with Crippen LogP contribution < -0.4 is 10.9 Å². The molecule has 2 N–H and O–H groups in total. The first-order valence-corrected chi connectivity index (χ1v) is 8.95. The quantitative estimate of drug-likeness (QED) is 0.782. The fraction of sp³-hybridized carbons (Fsp3) is 0.667. The van der Waals surface area contributed by atoms with Crippen LogP contribution in [0.1, 0.15) is 57.4 Å². The lowest BCUT2D eigenvalue weighted by atomic mass is 9.47. The number of phenolic OH excluding ortho intramolecular Hbond substituents is 1. The van der Waals surface area contributed by atoms with Gasteiger partial charge in [0.2, 0.25) is 0 Å². The highest BCUT2D eigenvalue weighted by molar-refractivity contribution is 6.42. The molecule has 1 unspecified atom stereocenters. The minimum atomic E-state index is -1.29. The zero-order chi connectivity index (χ0) is 19.4. The van der Waals surface area contributed by atoms with E-state index in [4.69, 9.17) is 31.4 Å². The van der Waals surface area contributed by atoms with Gasteiger partial charge in [0.05, 0.1) is 21.3 Å². The molecule has 0 aromatic heterocycles. The van der Waals surface area contributed by atoms with E-state index in [1.807, 2.05) is 13.8 Å². The Balaban J connectivity index is 0.00000151. The Morgan fingerprint density at radius 1 is 1.04 bits per heavy atom. The maximum absolute atomic E-state index is 11.3. The molecule has 2 rings (SSSR count). The van der Waals surface area contributed by atoms with Gasteiger partial charge in [0.25, 0.3) is 0 Å². The van der Waals surface area contributed by atoms with E-state index in [1.54, 1.807) is 31.1 Å². The number of benzene rings is 1. The lowest BCUT2D eigenvalue weighted by molar-refractivity contribution is -0.0389. The molecule has 3 nitrogen and oxygen atoms in total. The van der Waals surface area contributed by atoms with E-state index in [0.717, 1.165) is 19.3 Å². The molecule has 0 aliphatic heterocycles. The van der Waals surface area contributed by atoms with Crippen LogP contribution in [0, 0.1) is 0 Å². The predicted molar refractivity (Wildman–Crippen MR) is 109 cm³/mol. The van der Waals surface area contributed by atoms with Crippen molar-refractivity contribution < 1.29 is 10.2 Å². The minimum Gasteiger partial charge on any atom is -0.509 e. The zero-order valence-electron chi connectivity index (χ0n) is 15.9. The van der Waals surface area contributed by atoms with Gasteiger partial charge in [0, 0.05) is 5.92 Å². The van der Waals surface area contributed by atoms with Crippen LogP contribution in [-0.4, -0.2) is 71.5 Å². The van der Waals surface area contributed by atoms with E-state index < -0.39 is 16.9 Å². The molecular weight excluding hydrogens is 305 g/mol. The van der Waals surface area contributed by atoms with Crippen LogP contribution in [0.3, 0.4) is 0 Å². The lowest BCUT2D eigenvalue weighted by Crippen LogP contribution is -2.59. The Morgan fingerprint density at radius 3 is 1.88 bits per heavy atom. The third kappa shape index (κ3) is 4.68. The van der Waals surface area contributed by atoms with Crippen LogP contribution in [-0.2, 0) is 0 Å². The molecule has 1 aromatic rings. The second-order valence-electron chi connectivity index (χ2n) is 6.93. The van der Waals surface area contributed by atoms with Gasteiger partial charge in [0.1, 0.15) is 21.4 Å². The van der Waals surface area contributed by atoms with Crippen molar-refractivity contribution in [2.75, 3.05) is 14.1 Å². The number of phenols is 1. The molecule has 128 valence electrons. The second kappa shape index (κ2) is 8.73. The smallest absolute Gasteiger partial charge is 0.118 e. The second-order valence-corrected chi connectivity index (χ2v) is 6.93. The standard InChI is InChI=1S/C16H21B4NO2.C2H6/c1-21(2)16(19,20)14(15(23)6-4-3-5-7-15)10-8-11(17)13(22)12(18)9-10;1-2/h8-9,14,22-23H,3-7H2,1-2H3;1-2H3. The summed E-state index contributed by atoms with van der Waals surface area (Å²) in [6, 6.07) is 3.20. The maximum atomic E-state index is 11.3. The molecule has 0 saturated heterocycles. The number of aromatic hydroxyl groups is 1. The van der Waals surface area contributed by atoms with Gasteiger partial charge in [-0.05, 0) is 37.8 Å². The summed E-state index contributed by atoms with van der Waals surface area (Å²) in [6.45, 7) is 4.00. The third-order valence-electron chi connectivity index (χ3n) is 5.02. The van der Waals surface area contributed by atoms with E-state index in [0.29, 0.717) is 18.4 Å². The number of hydrogen-bond donors (Lipinski definition) is 2. The molecule has 1 aliphatic rings. The molecule has 8 radical (unpaired) electrons. The van der Waals surface area contributed by atoms with Gasteiger partial charge in [-0.1, -0.05) is 56.2 Å². The van der Waals surface area contributed by atoms with Crippen molar-refractivity contribution >= 4 is 42.3 Å². The molecule has 0 amide bonds. The first-order chi connectivity index (χ1) is 11.6. The summed E-state index contributed by atoms with van der Waals surface area (Å²) in [4.78, 5) is 1.68. The SMILES string of the molecule is CC.[B]c1cc(C(C2(O)CCCCC2)C([B])([B])N(C)C)cc([B])c1O. The fourth-order valence-corrected chi connectivity index (χ4v) is 3.59. The predicted octanol–water partition coefficient (Wildman–Crippen LogP) is 0.337. The molecule has 7 heteroatoms. The molecule has 1 atom stereocenters. The maximum Gasteiger partial charge on any atom is 0.118 e. The number of aliphatic hydroxyl groups is 1. The number of rotatable bonds is 4. The van der Waals surface area contributed by atoms with Crippen molar-refractivity contribution in [2.45, 2.75) is 62.8 Å². The molecule has 0 heterocycles. The Hall–Kier alpha value is -0.800. The van der Waals surface area contributed by atoms with E-state index in [-0.39, 0.29) is 16.7 Å². The Kier molecular flexibility index (Phi) is 7.76. The van der Waals surface area contributed by atoms with Crippen LogP contribution in [0.15, 0.2) is 12.1 Å². The highest BCUT2D eigenvalue weighted by Gasteiger charge is 2.47. The summed E-state index contributed by atoms with van der Waals surface area (Å²) in [6.07, 6.45) is 4.14. The Bertz CT molecular complexity index is 549. The van der Waals surface area contributed by atoms with Crippen molar-refractivity contribution in [2.24, 2.45) is 0 Å². The summed E-state index contributed by atoms with van der Waals surface area (Å²) in [5, 5.41) is 19.8. The lowest BCUT2D eigenvalue weighted by Gasteiger charge is -2.51. The highest BCUT2D eigenvalue weighted by Crippen LogP contribution is 2.45. The van der Waals surface area contributed by atoms with Gasteiger partial charge in [-0.25, -0.2) is 0 Å². The Morgan fingerprint density at radius 2 is 1.48 bits per heavy atom. The summed E-state index contributed by atoms with van der Waals surface area (Å²) >= 11 is 0. The summed E-state index contributed by atoms with van der Waals surface area (Å²) < 4.78 is 0. The average Bonchev–Trinajstić information content (AvgIpc) is 2.54. The largest absolute Gasteiger partial charge is 0.509 e. The Labute approximate surface area is 158 Å². The van der Waals surface area contributed by atoms with Crippen LogP contribution in [0.5, 0.6) is 5.75 Å². The first-order valence-electron chi connectivity index (χ1n) is 8.95. The molecule has 25 heavy (non-hydrogen) atoms. The fourth-order valence-electron chi connectivity index (χ4n) is 3.59. The monoisotopic (exact) mass is 333 g/mol. The van der Waals surface area contributed by atoms with Gasteiger partial charge in [-0.3, -0.25) is 0 Å². The van der Waals surface area contributed by atoms with Crippen molar-refractivity contribution in [3.05, 3.63) is 17.7 Å². The van der Waals surface area contributed by atoms with Crippen LogP contribution in [0.25, 0.3) is 0 Å². The summed E-state index contributed by atoms with van der Waals surface area (Å²) in [7, 11) is 28.0. The molecule has 1 saturated carbocycles. The normalized spacial score (nSPS) is 18.3. The zero-order valence-corrected chi connectivity index (χ0v) is 15.9. The van der Waals surface area contributed by atoms with Crippen molar-refractivity contribution in [1.29, 1.82) is 0 Å². The topological polar surface area (TPSA) is 43.7 Å². The van der Waals surface area contributed by atoms with Gasteiger partial charge in [0.15, 0.2) is 0 Å². The van der Waals surface area contributed by atoms with E-state index >= 15 is 0 Å². The average molecular weight is 333 g/mol. The van der Waals surface area contributed by atoms with Gasteiger partial charge in [-0.2, -0.15) is 0 Å². The molecular formula is C18H27B4NO2. The van der Waals surface area contributed by atoms with Crippen molar-refractivity contribution in [3.8, 4) is 5.75 Å². The van der Waals surface area contributed by atoms with E-state index in [2.05, 4.69) is 0 Å². The van der Waals surface area contributed by atoms with Crippen LogP contribution in [0.2, 0.25) is 0 Å². The molecule has 0 spiro atoms. The summed E-state index contributed by atoms with van der Waals surface area (Å²) in [5.74, 6) is -0.747. The molecule has 1 fully saturated rings. The molecule has 1 aromatic carbocycles. The number of hydrogen-bond acceptors (Lipinski definition) is 3. The number of nitrogens with zero attached hydrogens (tertiary/aromatic N) is 1. The highest BCUT2D eigenvalue weighted by atomic mass is 16.3. The van der Waals surface area contributed by atoms with Gasteiger partial charge < -0.3 is 15.1 Å². The van der Waals surface area contributed by atoms with Crippen LogP contribution in [0.4, 0.5) is 0 Å². The van der Waals surface area contributed by atoms with Gasteiger partial charge in [-0.15, -0.1) is 0 Å². The van der Waals surface area contributed by atoms with Crippen molar-refractivity contribution in [3.63, 3.8) is 0 Å². The van der Waals surface area contributed by atoms with E-state index in [1.165, 1.54) is 0 Å². The van der Waals surface area contributed by atoms with Gasteiger partial charge >= 0.3 is 0 Å². The molecule has 0 bridgehead atoms. The summed E-state index contributed by atoms with van der Waals surface area (Å²) in [5.41, 5.74) is -0.0964. The third-order valence-corrected chi connectivity index (χ3v) is 5.02. The molecule has 1 aliphatic carbocycles. The first kappa shape index (κ1) is 22.2. The van der Waals surface area contributed by atoms with Crippen LogP contribution >= 0.6 is 0 Å². The van der Waals surface area contributed by atoms with Crippen molar-refractivity contribution in [1.82, 2.24) is 4.90 Å². The number of likely N-dealkylation sites (N-methyl/N-ethyl adjacent to an activating group) is 1. The van der Waals surface area contributed by atoms with E-state index in [9.17, 15) is 10.2 Å². The minimum absolute atomic E-state index is 0.152.